The molecule has 0 aliphatic carbocycles. The van der Waals surface area contributed by atoms with E-state index in [0.29, 0.717) is 0 Å². The van der Waals surface area contributed by atoms with Crippen LogP contribution in [0.15, 0.2) is 132 Å². The number of nitrogens with zero attached hydrogens (tertiary/aromatic N) is 1. The van der Waals surface area contributed by atoms with Crippen LogP contribution in [-0.4, -0.2) is 9.55 Å². The monoisotopic (exact) mass is 498 g/mol. The van der Waals surface area contributed by atoms with Crippen LogP contribution in [-0.2, 0) is 0 Å². The fourth-order valence-corrected chi connectivity index (χ4v) is 6.38. The highest BCUT2D eigenvalue weighted by atomic mass is 16.3. The Labute approximate surface area is 223 Å². The van der Waals surface area contributed by atoms with Gasteiger partial charge in [-0.05, 0) is 65.7 Å². The first kappa shape index (κ1) is 20.7. The van der Waals surface area contributed by atoms with Crippen molar-refractivity contribution in [2.24, 2.45) is 0 Å². The van der Waals surface area contributed by atoms with Crippen molar-refractivity contribution >= 4 is 65.6 Å². The van der Waals surface area contributed by atoms with Gasteiger partial charge in [0, 0.05) is 38.0 Å². The molecule has 1 N–H and O–H groups in total. The van der Waals surface area contributed by atoms with Gasteiger partial charge in [-0.2, -0.15) is 0 Å². The van der Waals surface area contributed by atoms with Crippen LogP contribution in [0.2, 0.25) is 0 Å². The number of nitrogens with one attached hydrogen (secondary N) is 1. The second kappa shape index (κ2) is 7.62. The van der Waals surface area contributed by atoms with Gasteiger partial charge in [-0.15, -0.1) is 0 Å². The van der Waals surface area contributed by atoms with Gasteiger partial charge in [-0.25, -0.2) is 0 Å². The second-order valence-electron chi connectivity index (χ2n) is 10.3. The molecule has 0 unspecified atom stereocenters. The molecule has 9 aromatic rings. The second-order valence-corrected chi connectivity index (χ2v) is 10.3. The van der Waals surface area contributed by atoms with Crippen molar-refractivity contribution in [2.75, 3.05) is 0 Å². The summed E-state index contributed by atoms with van der Waals surface area (Å²) in [6.45, 7) is 0. The van der Waals surface area contributed by atoms with Crippen molar-refractivity contribution < 1.29 is 4.42 Å². The predicted octanol–water partition coefficient (Wildman–Crippen LogP) is 9.98. The van der Waals surface area contributed by atoms with E-state index in [1.807, 2.05) is 12.1 Å². The molecular formula is C36H22N2O. The predicted molar refractivity (Wildman–Crippen MR) is 163 cm³/mol. The molecule has 9 rings (SSSR count). The number of aromatic nitrogens is 2. The smallest absolute Gasteiger partial charge is 0.137 e. The minimum absolute atomic E-state index is 0.906. The van der Waals surface area contributed by atoms with Gasteiger partial charge in [-0.3, -0.25) is 0 Å². The van der Waals surface area contributed by atoms with Crippen LogP contribution in [0.5, 0.6) is 0 Å². The molecule has 0 spiro atoms. The zero-order chi connectivity index (χ0) is 25.5. The van der Waals surface area contributed by atoms with E-state index < -0.39 is 0 Å². The van der Waals surface area contributed by atoms with E-state index in [0.717, 1.165) is 33.1 Å². The number of benzene rings is 6. The molecule has 0 saturated carbocycles. The topological polar surface area (TPSA) is 33.9 Å². The molecule has 39 heavy (non-hydrogen) atoms. The Bertz CT molecular complexity index is 2400. The molecule has 3 nitrogen and oxygen atoms in total. The van der Waals surface area contributed by atoms with Crippen LogP contribution < -0.4 is 0 Å². The summed E-state index contributed by atoms with van der Waals surface area (Å²) in [4.78, 5) is 3.55. The Morgan fingerprint density at radius 3 is 2.05 bits per heavy atom. The van der Waals surface area contributed by atoms with Gasteiger partial charge >= 0.3 is 0 Å². The Morgan fingerprint density at radius 1 is 0.462 bits per heavy atom. The highest BCUT2D eigenvalue weighted by Crippen LogP contribution is 2.40. The lowest BCUT2D eigenvalue weighted by atomic mass is 10.0. The van der Waals surface area contributed by atoms with Crippen molar-refractivity contribution in [1.29, 1.82) is 0 Å². The number of fused-ring (bicyclic) bond motifs is 9. The van der Waals surface area contributed by atoms with E-state index in [1.54, 1.807) is 0 Å². The largest absolute Gasteiger partial charge is 0.456 e. The Morgan fingerprint density at radius 2 is 1.13 bits per heavy atom. The quantitative estimate of drug-likeness (QED) is 0.253. The molecule has 0 bridgehead atoms. The van der Waals surface area contributed by atoms with Crippen LogP contribution in [0.25, 0.3) is 82.4 Å². The molecular weight excluding hydrogens is 476 g/mol. The minimum Gasteiger partial charge on any atom is -0.456 e. The first-order chi connectivity index (χ1) is 19.3. The summed E-state index contributed by atoms with van der Waals surface area (Å²) in [5.41, 5.74) is 10.1. The summed E-state index contributed by atoms with van der Waals surface area (Å²) in [5, 5.41) is 7.28. The van der Waals surface area contributed by atoms with E-state index in [-0.39, 0.29) is 0 Å². The number of furan rings is 1. The average Bonchev–Trinajstić information content (AvgIpc) is 3.66. The molecule has 182 valence electrons. The number of H-pyrrole nitrogens is 1. The van der Waals surface area contributed by atoms with Crippen molar-refractivity contribution in [2.45, 2.75) is 0 Å². The summed E-state index contributed by atoms with van der Waals surface area (Å²) in [7, 11) is 0. The minimum atomic E-state index is 0.906. The number of hydrogen-bond acceptors (Lipinski definition) is 1. The molecule has 3 aromatic heterocycles. The van der Waals surface area contributed by atoms with Gasteiger partial charge in [0.05, 0.1) is 22.1 Å². The van der Waals surface area contributed by atoms with Crippen molar-refractivity contribution in [1.82, 2.24) is 9.55 Å². The number of rotatable bonds is 2. The standard InChI is InChI=1S/C36H22N2O/c1-4-11-29-24(8-1)27-20-22(16-18-30(27)37-29)23-17-19-32-28(21-23)25-9-2-5-12-31(25)38(32)33-13-7-15-35-36(33)26-10-3-6-14-34(26)39-35/h1-21,37H. The Balaban J connectivity index is 1.32. The zero-order valence-corrected chi connectivity index (χ0v) is 21.0. The Hall–Kier alpha value is -5.28. The van der Waals surface area contributed by atoms with Crippen LogP contribution in [0.3, 0.4) is 0 Å². The van der Waals surface area contributed by atoms with Gasteiger partial charge in [0.15, 0.2) is 0 Å². The third-order valence-electron chi connectivity index (χ3n) is 8.13. The molecule has 3 heteroatoms. The molecule has 0 amide bonds. The average molecular weight is 499 g/mol. The third kappa shape index (κ3) is 2.87. The summed E-state index contributed by atoms with van der Waals surface area (Å²) in [5.74, 6) is 0. The van der Waals surface area contributed by atoms with Gasteiger partial charge in [0.25, 0.3) is 0 Å². The lowest BCUT2D eigenvalue weighted by Gasteiger charge is -2.10. The lowest BCUT2D eigenvalue weighted by Crippen LogP contribution is -1.94. The van der Waals surface area contributed by atoms with E-state index >= 15 is 0 Å². The van der Waals surface area contributed by atoms with Gasteiger partial charge in [0.2, 0.25) is 0 Å². The van der Waals surface area contributed by atoms with E-state index in [1.165, 1.54) is 49.2 Å². The maximum absolute atomic E-state index is 6.24. The van der Waals surface area contributed by atoms with Crippen LogP contribution >= 0.6 is 0 Å². The maximum atomic E-state index is 6.24. The molecule has 0 radical (unpaired) electrons. The maximum Gasteiger partial charge on any atom is 0.137 e. The molecule has 0 atom stereocenters. The molecule has 0 saturated heterocycles. The highest BCUT2D eigenvalue weighted by Gasteiger charge is 2.18. The van der Waals surface area contributed by atoms with Crippen molar-refractivity contribution in [3.63, 3.8) is 0 Å². The van der Waals surface area contributed by atoms with E-state index in [9.17, 15) is 0 Å². The fraction of sp³-hybridized carbons (Fsp3) is 0. The molecule has 3 heterocycles. The van der Waals surface area contributed by atoms with Gasteiger partial charge in [0.1, 0.15) is 11.2 Å². The third-order valence-corrected chi connectivity index (χ3v) is 8.13. The van der Waals surface area contributed by atoms with Crippen LogP contribution in [0.4, 0.5) is 0 Å². The summed E-state index contributed by atoms with van der Waals surface area (Å²) in [6.07, 6.45) is 0. The first-order valence-electron chi connectivity index (χ1n) is 13.3. The number of aromatic amines is 1. The molecule has 0 fully saturated rings. The van der Waals surface area contributed by atoms with Gasteiger partial charge < -0.3 is 14.0 Å². The van der Waals surface area contributed by atoms with E-state index in [4.69, 9.17) is 4.42 Å². The highest BCUT2D eigenvalue weighted by molar-refractivity contribution is 6.15. The number of hydrogen-bond donors (Lipinski definition) is 1. The summed E-state index contributed by atoms with van der Waals surface area (Å²) in [6, 6.07) is 45.5. The number of para-hydroxylation sites is 3. The molecule has 0 aliphatic heterocycles. The zero-order valence-electron chi connectivity index (χ0n) is 21.0. The SMILES string of the molecule is c1ccc2c(c1)[nH]c1ccc(-c3ccc4c(c3)c3ccccc3n4-c3cccc4oc5ccccc5c34)cc12. The van der Waals surface area contributed by atoms with Gasteiger partial charge in [-0.1, -0.05) is 72.8 Å². The van der Waals surface area contributed by atoms with Crippen LogP contribution in [0, 0.1) is 0 Å². The first-order valence-corrected chi connectivity index (χ1v) is 13.3. The van der Waals surface area contributed by atoms with E-state index in [2.05, 4.69) is 125 Å². The Kier molecular flexibility index (Phi) is 4.05. The van der Waals surface area contributed by atoms with Crippen molar-refractivity contribution in [3.8, 4) is 16.8 Å². The van der Waals surface area contributed by atoms with Crippen molar-refractivity contribution in [3.05, 3.63) is 127 Å². The van der Waals surface area contributed by atoms with Crippen LogP contribution in [0.1, 0.15) is 0 Å². The molecule has 6 aromatic carbocycles. The molecule has 0 aliphatic rings. The lowest BCUT2D eigenvalue weighted by molar-refractivity contribution is 0.669. The summed E-state index contributed by atoms with van der Waals surface area (Å²) >= 11 is 0. The normalized spacial score (nSPS) is 12.1. The fourth-order valence-electron chi connectivity index (χ4n) is 6.38. The summed E-state index contributed by atoms with van der Waals surface area (Å²) < 4.78 is 8.63.